The fraction of sp³-hybridized carbons (Fsp3) is 0.333. The lowest BCUT2D eigenvalue weighted by Crippen LogP contribution is -2.41. The molecule has 36 heavy (non-hydrogen) atoms. The molecule has 0 aliphatic carbocycles. The molecule has 0 radical (unpaired) electrons. The number of nitro groups is 1. The van der Waals surface area contributed by atoms with Crippen molar-refractivity contribution in [1.29, 1.82) is 0 Å². The van der Waals surface area contributed by atoms with Gasteiger partial charge >= 0.3 is 0 Å². The third kappa shape index (κ3) is 5.28. The van der Waals surface area contributed by atoms with Crippen LogP contribution >= 0.6 is 11.6 Å². The van der Waals surface area contributed by atoms with Crippen molar-refractivity contribution < 1.29 is 18.1 Å². The molecule has 1 fully saturated rings. The fourth-order valence-corrected chi connectivity index (χ4v) is 5.96. The molecule has 190 valence electrons. The summed E-state index contributed by atoms with van der Waals surface area (Å²) < 4.78 is 29.0. The van der Waals surface area contributed by atoms with Crippen LogP contribution in [0.25, 0.3) is 0 Å². The molecule has 2 aromatic carbocycles. The monoisotopic (exact) mass is 531 g/mol. The molecule has 1 aliphatic rings. The van der Waals surface area contributed by atoms with E-state index in [1.807, 2.05) is 38.1 Å². The van der Waals surface area contributed by atoms with Gasteiger partial charge in [0.25, 0.3) is 5.69 Å². The zero-order valence-electron chi connectivity index (χ0n) is 19.8. The van der Waals surface area contributed by atoms with Gasteiger partial charge in [-0.15, -0.1) is 0 Å². The number of halogens is 1. The van der Waals surface area contributed by atoms with Gasteiger partial charge in [-0.3, -0.25) is 19.6 Å². The molecule has 0 saturated carbocycles. The van der Waals surface area contributed by atoms with Crippen LogP contribution in [0.1, 0.15) is 29.8 Å². The Hall–Kier alpha value is -3.28. The second-order valence-corrected chi connectivity index (χ2v) is 11.1. The molecule has 1 saturated heterocycles. The SMILES string of the molecule is Cc1nn(Cc2ccccc2Cl)c(C)c1NC(=O)C1CCN(S(=O)(=O)c2ccc([N+](=O)[O-])cc2)CC1. The number of hydrogen-bond donors (Lipinski definition) is 1. The summed E-state index contributed by atoms with van der Waals surface area (Å²) in [4.78, 5) is 23.3. The van der Waals surface area contributed by atoms with Crippen LogP contribution in [0.3, 0.4) is 0 Å². The van der Waals surface area contributed by atoms with Crippen LogP contribution in [-0.4, -0.2) is 46.4 Å². The van der Waals surface area contributed by atoms with E-state index in [0.29, 0.717) is 35.8 Å². The maximum atomic E-state index is 13.0. The first kappa shape index (κ1) is 25.8. The Labute approximate surface area is 214 Å². The predicted molar refractivity (Wildman–Crippen MR) is 135 cm³/mol. The Bertz CT molecular complexity index is 1400. The maximum Gasteiger partial charge on any atom is 0.269 e. The number of nitrogens with one attached hydrogen (secondary N) is 1. The molecule has 0 spiro atoms. The summed E-state index contributed by atoms with van der Waals surface area (Å²) in [7, 11) is -3.80. The number of carbonyl (C=O) groups is 1. The van der Waals surface area contributed by atoms with E-state index in [1.54, 1.807) is 4.68 Å². The molecule has 1 aliphatic heterocycles. The summed E-state index contributed by atoms with van der Waals surface area (Å²) in [6.45, 7) is 4.54. The normalized spacial score (nSPS) is 15.1. The molecule has 1 N–H and O–H groups in total. The average Bonchev–Trinajstić information content (AvgIpc) is 3.12. The zero-order chi connectivity index (χ0) is 26.0. The number of benzene rings is 2. The number of aromatic nitrogens is 2. The van der Waals surface area contributed by atoms with Crippen molar-refractivity contribution in [2.24, 2.45) is 5.92 Å². The van der Waals surface area contributed by atoms with Gasteiger partial charge in [0.15, 0.2) is 0 Å². The highest BCUT2D eigenvalue weighted by Gasteiger charge is 2.33. The standard InChI is InChI=1S/C24H26ClN5O5S/c1-16-23(17(2)29(27-16)15-19-5-3-4-6-22(19)25)26-24(31)18-11-13-28(14-12-18)36(34,35)21-9-7-20(8-10-21)30(32)33/h3-10,18H,11-15H2,1-2H3,(H,26,31). The van der Waals surface area contributed by atoms with Crippen molar-refractivity contribution in [3.05, 3.63) is 80.6 Å². The smallest absolute Gasteiger partial charge is 0.269 e. The van der Waals surface area contributed by atoms with Gasteiger partial charge in [0.2, 0.25) is 15.9 Å². The third-order valence-electron chi connectivity index (χ3n) is 6.42. The van der Waals surface area contributed by atoms with Gasteiger partial charge in [0, 0.05) is 36.2 Å². The highest BCUT2D eigenvalue weighted by molar-refractivity contribution is 7.89. The quantitative estimate of drug-likeness (QED) is 0.360. The molecular formula is C24H26ClN5O5S. The molecule has 0 atom stereocenters. The van der Waals surface area contributed by atoms with Gasteiger partial charge < -0.3 is 5.32 Å². The van der Waals surface area contributed by atoms with Gasteiger partial charge in [0.05, 0.1) is 33.4 Å². The summed E-state index contributed by atoms with van der Waals surface area (Å²) >= 11 is 6.28. The van der Waals surface area contributed by atoms with Crippen molar-refractivity contribution in [1.82, 2.24) is 14.1 Å². The summed E-state index contributed by atoms with van der Waals surface area (Å²) in [6, 6.07) is 12.3. The fourth-order valence-electron chi connectivity index (χ4n) is 4.29. The molecule has 10 nitrogen and oxygen atoms in total. The van der Waals surface area contributed by atoms with Crippen molar-refractivity contribution in [3.63, 3.8) is 0 Å². The highest BCUT2D eigenvalue weighted by atomic mass is 35.5. The number of nitrogens with zero attached hydrogens (tertiary/aromatic N) is 4. The number of non-ortho nitro benzene ring substituents is 1. The molecule has 3 aromatic rings. The number of sulfonamides is 1. The van der Waals surface area contributed by atoms with Crippen LogP contribution in [-0.2, 0) is 21.4 Å². The Balaban J connectivity index is 1.39. The Kier molecular flexibility index (Phi) is 7.43. The molecule has 12 heteroatoms. The molecule has 0 bridgehead atoms. The molecule has 2 heterocycles. The van der Waals surface area contributed by atoms with Gasteiger partial charge in [-0.25, -0.2) is 8.42 Å². The molecule has 1 amide bonds. The number of hydrogen-bond acceptors (Lipinski definition) is 6. The number of carbonyl (C=O) groups excluding carboxylic acids is 1. The van der Waals surface area contributed by atoms with Gasteiger partial charge in [-0.1, -0.05) is 29.8 Å². The Morgan fingerprint density at radius 1 is 1.14 bits per heavy atom. The van der Waals surface area contributed by atoms with Gasteiger partial charge in [0.1, 0.15) is 0 Å². The lowest BCUT2D eigenvalue weighted by atomic mass is 9.97. The first-order valence-electron chi connectivity index (χ1n) is 11.4. The number of nitro benzene ring substituents is 1. The summed E-state index contributed by atoms with van der Waals surface area (Å²) in [5, 5.41) is 19.0. The summed E-state index contributed by atoms with van der Waals surface area (Å²) in [5.74, 6) is -0.523. The van der Waals surface area contributed by atoms with E-state index in [2.05, 4.69) is 10.4 Å². The van der Waals surface area contributed by atoms with Gasteiger partial charge in [-0.05, 0) is 50.5 Å². The number of piperidine rings is 1. The topological polar surface area (TPSA) is 127 Å². The van der Waals surface area contributed by atoms with E-state index in [-0.39, 0.29) is 35.5 Å². The third-order valence-corrected chi connectivity index (χ3v) is 8.70. The average molecular weight is 532 g/mol. The van der Waals surface area contributed by atoms with E-state index in [0.717, 1.165) is 11.3 Å². The van der Waals surface area contributed by atoms with Crippen molar-refractivity contribution >= 4 is 38.9 Å². The minimum atomic E-state index is -3.80. The zero-order valence-corrected chi connectivity index (χ0v) is 21.4. The lowest BCUT2D eigenvalue weighted by molar-refractivity contribution is -0.384. The second kappa shape index (κ2) is 10.4. The van der Waals surface area contributed by atoms with Crippen LogP contribution in [0, 0.1) is 29.9 Å². The first-order chi connectivity index (χ1) is 17.1. The predicted octanol–water partition coefficient (Wildman–Crippen LogP) is 4.15. The van der Waals surface area contributed by atoms with Crippen LogP contribution in [0.5, 0.6) is 0 Å². The number of rotatable bonds is 7. The molecular weight excluding hydrogens is 506 g/mol. The number of amides is 1. The summed E-state index contributed by atoms with van der Waals surface area (Å²) in [6.07, 6.45) is 0.730. The van der Waals surface area contributed by atoms with Crippen molar-refractivity contribution in [2.45, 2.75) is 38.1 Å². The Morgan fingerprint density at radius 2 is 1.78 bits per heavy atom. The molecule has 1 aromatic heterocycles. The summed E-state index contributed by atoms with van der Waals surface area (Å²) in [5.41, 5.74) is 2.88. The second-order valence-electron chi connectivity index (χ2n) is 8.71. The lowest BCUT2D eigenvalue weighted by Gasteiger charge is -2.30. The van der Waals surface area contributed by atoms with Crippen LogP contribution in [0.4, 0.5) is 11.4 Å². The minimum absolute atomic E-state index is 0.00631. The molecule has 0 unspecified atom stereocenters. The van der Waals surface area contributed by atoms with E-state index in [9.17, 15) is 23.3 Å². The van der Waals surface area contributed by atoms with Crippen molar-refractivity contribution in [3.8, 4) is 0 Å². The first-order valence-corrected chi connectivity index (χ1v) is 13.2. The van der Waals surface area contributed by atoms with E-state index < -0.39 is 14.9 Å². The van der Waals surface area contributed by atoms with Gasteiger partial charge in [-0.2, -0.15) is 9.40 Å². The minimum Gasteiger partial charge on any atom is -0.323 e. The molecule has 4 rings (SSSR count). The van der Waals surface area contributed by atoms with Crippen LogP contribution < -0.4 is 5.32 Å². The number of aryl methyl sites for hydroxylation is 1. The number of anilines is 1. The highest BCUT2D eigenvalue weighted by Crippen LogP contribution is 2.28. The largest absolute Gasteiger partial charge is 0.323 e. The van der Waals surface area contributed by atoms with E-state index in [4.69, 9.17) is 11.6 Å². The Morgan fingerprint density at radius 3 is 2.39 bits per heavy atom. The maximum absolute atomic E-state index is 13.0. The van der Waals surface area contributed by atoms with Crippen molar-refractivity contribution in [2.75, 3.05) is 18.4 Å². The van der Waals surface area contributed by atoms with Crippen LogP contribution in [0.2, 0.25) is 5.02 Å². The van der Waals surface area contributed by atoms with E-state index in [1.165, 1.54) is 28.6 Å². The van der Waals surface area contributed by atoms with Crippen LogP contribution in [0.15, 0.2) is 53.4 Å². The van der Waals surface area contributed by atoms with E-state index >= 15 is 0 Å².